The first-order chi connectivity index (χ1) is 22.7. The van der Waals surface area contributed by atoms with Crippen LogP contribution in [0.3, 0.4) is 0 Å². The second kappa shape index (κ2) is 17.6. The molecule has 6 aliphatic rings. The minimum atomic E-state index is 0.148. The third kappa shape index (κ3) is 6.27. The zero-order chi connectivity index (χ0) is 36.3. The average molecular weight is 643 g/mol. The zero-order valence-electron chi connectivity index (χ0n) is 31.0. The van der Waals surface area contributed by atoms with Crippen LogP contribution in [0.25, 0.3) is 5.57 Å². The third-order valence-electron chi connectivity index (χ3n) is 13.4. The van der Waals surface area contributed by atoms with Gasteiger partial charge in [0.15, 0.2) is 0 Å². The number of benzene rings is 1. The van der Waals surface area contributed by atoms with Crippen molar-refractivity contribution in [2.24, 2.45) is 50.7 Å². The van der Waals surface area contributed by atoms with Crippen molar-refractivity contribution in [1.29, 1.82) is 0 Å². The van der Waals surface area contributed by atoms with E-state index in [9.17, 15) is 9.90 Å². The van der Waals surface area contributed by atoms with Crippen LogP contribution in [0.1, 0.15) is 135 Å². The van der Waals surface area contributed by atoms with Crippen LogP contribution in [-0.4, -0.2) is 30.2 Å². The molecule has 1 aromatic rings. The van der Waals surface area contributed by atoms with E-state index in [1.807, 2.05) is 26.0 Å². The van der Waals surface area contributed by atoms with Crippen LogP contribution < -0.4 is 0 Å². The maximum atomic E-state index is 11.2. The van der Waals surface area contributed by atoms with Crippen molar-refractivity contribution >= 4 is 11.9 Å². The summed E-state index contributed by atoms with van der Waals surface area (Å²) in [5, 5.41) is 17.5. The van der Waals surface area contributed by atoms with Gasteiger partial charge in [-0.3, -0.25) is 4.79 Å². The van der Waals surface area contributed by atoms with Crippen molar-refractivity contribution in [3.8, 4) is 38.5 Å². The van der Waals surface area contributed by atoms with Gasteiger partial charge in [-0.15, -0.1) is 38.5 Å². The van der Waals surface area contributed by atoms with Crippen LogP contribution in [0.15, 0.2) is 30.3 Å². The molecule has 0 amide bonds. The number of hydrogen-bond donors (Lipinski definition) is 2. The lowest BCUT2D eigenvalue weighted by Gasteiger charge is -2.59. The number of hydrogen-bond acceptors (Lipinski definition) is 3. The van der Waals surface area contributed by atoms with Crippen LogP contribution in [-0.2, 0) is 0 Å². The fraction of sp³-hybridized carbons (Fsp3) is 0.659. The summed E-state index contributed by atoms with van der Waals surface area (Å²) in [5.74, 6) is 3.32. The van der Waals surface area contributed by atoms with Gasteiger partial charge in [-0.2, -0.15) is 0 Å². The van der Waals surface area contributed by atoms with E-state index in [1.54, 1.807) is 0 Å². The number of aliphatic hydroxyl groups is 2. The largest absolute Gasteiger partial charge is 0.400 e. The van der Waals surface area contributed by atoms with E-state index in [-0.39, 0.29) is 10.8 Å². The number of carbonyl (C=O) groups is 1. The first-order valence-corrected chi connectivity index (χ1v) is 18.0. The van der Waals surface area contributed by atoms with Gasteiger partial charge in [0.1, 0.15) is 6.29 Å². The molecule has 0 aromatic heterocycles. The molecule has 0 aliphatic heterocycles. The molecule has 260 valence electrons. The molecule has 0 radical (unpaired) electrons. The zero-order valence-corrected chi connectivity index (χ0v) is 31.0. The summed E-state index contributed by atoms with van der Waals surface area (Å²) in [5.41, 5.74) is 5.52. The van der Waals surface area contributed by atoms with Crippen molar-refractivity contribution < 1.29 is 15.0 Å². The standard InChI is InChI=1S/C32H42O2.C3H8.C2H6.3C2H2.CH4O/c1-28(2)23(22-8-6-21(19-33)7-9-22)10-15-29(3)24(28)12-17-31-25(29)13-18-32(31)26-5-4-14-30(26,20-34)16-11-27(31)32;1-3-2;5*1-2/h6-10,19,24-27,34H,4-5,11-18,20H2,1-3H3;3H2,1-2H3;1-2H3;3*1-2H;2H,1H3/t24?,25?,26?,27?,29-,30+,31?,32?;;;;;;/m0....../s1. The Kier molecular flexibility index (Phi) is 15.8. The Morgan fingerprint density at radius 2 is 1.23 bits per heavy atom. The van der Waals surface area contributed by atoms with E-state index in [0.29, 0.717) is 28.8 Å². The minimum Gasteiger partial charge on any atom is -0.400 e. The number of fused-ring (bicyclic) bond motifs is 3. The monoisotopic (exact) mass is 643 g/mol. The van der Waals surface area contributed by atoms with Gasteiger partial charge in [0.2, 0.25) is 0 Å². The Bertz CT molecular complexity index is 1200. The van der Waals surface area contributed by atoms with Gasteiger partial charge < -0.3 is 10.2 Å². The summed E-state index contributed by atoms with van der Waals surface area (Å²) >= 11 is 0. The second-order valence-corrected chi connectivity index (χ2v) is 14.8. The molecule has 6 aliphatic carbocycles. The number of aldehydes is 1. The Morgan fingerprint density at radius 3 is 1.74 bits per heavy atom. The molecule has 1 aromatic carbocycles. The summed E-state index contributed by atoms with van der Waals surface area (Å²) in [6, 6.07) is 8.29. The van der Waals surface area contributed by atoms with Crippen LogP contribution in [0.4, 0.5) is 0 Å². The average Bonchev–Trinajstić information content (AvgIpc) is 3.39. The number of terminal acetylenes is 3. The van der Waals surface area contributed by atoms with Gasteiger partial charge in [-0.25, -0.2) is 0 Å². The number of rotatable bonds is 3. The molecule has 0 heterocycles. The Labute approximate surface area is 289 Å². The van der Waals surface area contributed by atoms with Gasteiger partial charge in [-0.1, -0.05) is 91.6 Å². The van der Waals surface area contributed by atoms with E-state index < -0.39 is 0 Å². The van der Waals surface area contributed by atoms with Gasteiger partial charge in [0.25, 0.3) is 0 Å². The summed E-state index contributed by atoms with van der Waals surface area (Å²) < 4.78 is 0. The van der Waals surface area contributed by atoms with Crippen molar-refractivity contribution in [3.63, 3.8) is 0 Å². The molecule has 3 heteroatoms. The lowest BCUT2D eigenvalue weighted by molar-refractivity contribution is -0.0630. The molecular formula is C44H66O3. The second-order valence-electron chi connectivity index (χ2n) is 14.8. The maximum Gasteiger partial charge on any atom is 0.150 e. The molecule has 0 saturated heterocycles. The van der Waals surface area contributed by atoms with Crippen LogP contribution >= 0.6 is 0 Å². The minimum absolute atomic E-state index is 0.148. The molecule has 0 bridgehead atoms. The number of aliphatic hydroxyl groups excluding tert-OH is 2. The smallest absolute Gasteiger partial charge is 0.150 e. The summed E-state index contributed by atoms with van der Waals surface area (Å²) in [6.45, 7) is 16.4. The lowest BCUT2D eigenvalue weighted by atomic mass is 9.45. The van der Waals surface area contributed by atoms with Crippen molar-refractivity contribution in [2.75, 3.05) is 13.7 Å². The van der Waals surface area contributed by atoms with E-state index in [2.05, 4.69) is 91.4 Å². The third-order valence-corrected chi connectivity index (χ3v) is 13.4. The lowest BCUT2D eigenvalue weighted by Crippen LogP contribution is -2.52. The van der Waals surface area contributed by atoms with E-state index >= 15 is 0 Å². The van der Waals surface area contributed by atoms with E-state index in [1.165, 1.54) is 81.8 Å². The van der Waals surface area contributed by atoms with Crippen molar-refractivity contribution in [2.45, 2.75) is 119 Å². The summed E-state index contributed by atoms with van der Waals surface area (Å²) in [4.78, 5) is 11.2. The molecule has 6 unspecified atom stereocenters. The topological polar surface area (TPSA) is 57.5 Å². The predicted molar refractivity (Wildman–Crippen MR) is 201 cm³/mol. The molecule has 47 heavy (non-hydrogen) atoms. The number of carbonyl (C=O) groups excluding carboxylic acids is 1. The Morgan fingerprint density at radius 1 is 0.745 bits per heavy atom. The molecule has 5 saturated carbocycles. The maximum absolute atomic E-state index is 11.2. The Balaban J connectivity index is 0.000000760. The highest BCUT2D eigenvalue weighted by Crippen LogP contribution is 2.93. The van der Waals surface area contributed by atoms with Gasteiger partial charge in [-0.05, 0) is 120 Å². The molecular weight excluding hydrogens is 576 g/mol. The van der Waals surface area contributed by atoms with Crippen LogP contribution in [0.2, 0.25) is 0 Å². The molecule has 5 fully saturated rings. The Hall–Kier alpha value is -2.77. The van der Waals surface area contributed by atoms with Crippen LogP contribution in [0, 0.1) is 89.3 Å². The number of allylic oxidation sites excluding steroid dienone is 2. The first-order valence-electron chi connectivity index (χ1n) is 18.0. The van der Waals surface area contributed by atoms with E-state index in [4.69, 9.17) is 5.11 Å². The highest BCUT2D eigenvalue weighted by atomic mass is 16.3. The molecule has 2 N–H and O–H groups in total. The highest BCUT2D eigenvalue weighted by Gasteiger charge is 2.88. The van der Waals surface area contributed by atoms with Gasteiger partial charge >= 0.3 is 0 Å². The molecule has 3 nitrogen and oxygen atoms in total. The molecule has 2 spiro atoms. The summed E-state index contributed by atoms with van der Waals surface area (Å²) in [6.07, 6.45) is 42.4. The first kappa shape index (κ1) is 42.3. The van der Waals surface area contributed by atoms with E-state index in [0.717, 1.165) is 36.7 Å². The normalized spacial score (nSPS) is 36.7. The molecule has 8 atom stereocenters. The molecule has 7 rings (SSSR count). The SMILES string of the molecule is C#C.C#C.C#C.CC.CC1(C)C(c2ccc(C=O)cc2)=CC[C@@]2(C)C1CCC13C4CC[C@@]5(CO)CCCC5C41CCC32.CCC.CO. The van der Waals surface area contributed by atoms with Crippen molar-refractivity contribution in [1.82, 2.24) is 0 Å². The van der Waals surface area contributed by atoms with Crippen LogP contribution in [0.5, 0.6) is 0 Å². The van der Waals surface area contributed by atoms with Gasteiger partial charge in [0.05, 0.1) is 0 Å². The predicted octanol–water partition coefficient (Wildman–Crippen LogP) is 10.1. The summed E-state index contributed by atoms with van der Waals surface area (Å²) in [7, 11) is 1.00. The van der Waals surface area contributed by atoms with Gasteiger partial charge in [0, 0.05) is 19.3 Å². The quantitative estimate of drug-likeness (QED) is 0.255. The fourth-order valence-electron chi connectivity index (χ4n) is 12.5. The highest BCUT2D eigenvalue weighted by molar-refractivity contribution is 5.78. The fourth-order valence-corrected chi connectivity index (χ4v) is 12.5. The van der Waals surface area contributed by atoms with Crippen molar-refractivity contribution in [3.05, 3.63) is 41.5 Å².